The van der Waals surface area contributed by atoms with Crippen molar-refractivity contribution in [2.45, 2.75) is 32.8 Å². The Labute approximate surface area is 136 Å². The van der Waals surface area contributed by atoms with Crippen LogP contribution in [0.5, 0.6) is 0 Å². The number of aromatic nitrogens is 1. The first kappa shape index (κ1) is 15.5. The van der Waals surface area contributed by atoms with Crippen LogP contribution >= 0.6 is 0 Å². The van der Waals surface area contributed by atoms with E-state index in [2.05, 4.69) is 22.9 Å². The van der Waals surface area contributed by atoms with E-state index >= 15 is 0 Å². The van der Waals surface area contributed by atoms with Gasteiger partial charge in [0.15, 0.2) is 0 Å². The van der Waals surface area contributed by atoms with E-state index in [1.54, 1.807) is 4.90 Å². The van der Waals surface area contributed by atoms with Gasteiger partial charge in [-0.3, -0.25) is 0 Å². The number of ether oxygens (including phenoxy) is 1. The monoisotopic (exact) mass is 313 g/mol. The fourth-order valence-corrected chi connectivity index (χ4v) is 2.78. The average Bonchev–Trinajstić information content (AvgIpc) is 2.88. The highest BCUT2D eigenvalue weighted by atomic mass is 16.6. The van der Waals surface area contributed by atoms with Crippen LogP contribution in [0.4, 0.5) is 10.5 Å². The number of amides is 1. The summed E-state index contributed by atoms with van der Waals surface area (Å²) in [6.07, 6.45) is 4.69. The first-order valence-electron chi connectivity index (χ1n) is 7.87. The van der Waals surface area contributed by atoms with Gasteiger partial charge in [-0.2, -0.15) is 0 Å². The van der Waals surface area contributed by atoms with E-state index in [9.17, 15) is 4.79 Å². The van der Waals surface area contributed by atoms with Gasteiger partial charge < -0.3 is 19.9 Å². The number of nitrogen functional groups attached to an aromatic ring is 1. The maximum Gasteiger partial charge on any atom is 0.410 e. The molecule has 1 amide bonds. The lowest BCUT2D eigenvalue weighted by atomic mass is 10.2. The molecule has 0 saturated carbocycles. The summed E-state index contributed by atoms with van der Waals surface area (Å²) in [5.74, 6) is 0. The molecular formula is C18H23N3O2. The maximum atomic E-state index is 12.1. The van der Waals surface area contributed by atoms with Crippen LogP contribution in [0.25, 0.3) is 16.6 Å². The Morgan fingerprint density at radius 3 is 2.70 bits per heavy atom. The smallest absolute Gasteiger partial charge is 0.410 e. The Bertz CT molecular complexity index is 768. The number of fused-ring (bicyclic) bond motifs is 1. The summed E-state index contributed by atoms with van der Waals surface area (Å²) in [6.45, 7) is 6.88. The highest BCUT2D eigenvalue weighted by molar-refractivity contribution is 5.86. The van der Waals surface area contributed by atoms with E-state index in [0.717, 1.165) is 23.0 Å². The number of rotatable bonds is 1. The lowest BCUT2D eigenvalue weighted by Crippen LogP contribution is -2.39. The molecule has 2 N–H and O–H groups in total. The molecule has 1 aromatic heterocycles. The minimum atomic E-state index is -0.461. The van der Waals surface area contributed by atoms with Crippen molar-refractivity contribution in [3.8, 4) is 0 Å². The molecule has 122 valence electrons. The van der Waals surface area contributed by atoms with Crippen molar-refractivity contribution in [3.05, 3.63) is 36.5 Å². The van der Waals surface area contributed by atoms with Crippen molar-refractivity contribution >= 4 is 28.4 Å². The average molecular weight is 313 g/mol. The van der Waals surface area contributed by atoms with Crippen LogP contribution in [0.15, 0.2) is 36.5 Å². The summed E-state index contributed by atoms with van der Waals surface area (Å²) in [7, 11) is 0. The molecule has 0 unspecified atom stereocenters. The molecule has 0 aliphatic carbocycles. The van der Waals surface area contributed by atoms with E-state index in [1.807, 2.05) is 39.0 Å². The fraction of sp³-hybridized carbons (Fsp3) is 0.389. The summed E-state index contributed by atoms with van der Waals surface area (Å²) in [5.41, 5.74) is 8.47. The van der Waals surface area contributed by atoms with Gasteiger partial charge in [0.1, 0.15) is 5.60 Å². The van der Waals surface area contributed by atoms with Crippen LogP contribution in [0.3, 0.4) is 0 Å². The Morgan fingerprint density at radius 1 is 1.26 bits per heavy atom. The number of hydrogen-bond acceptors (Lipinski definition) is 3. The number of carbonyl (C=O) groups is 1. The minimum absolute atomic E-state index is 0.252. The fourth-order valence-electron chi connectivity index (χ4n) is 2.78. The van der Waals surface area contributed by atoms with Gasteiger partial charge in [0.25, 0.3) is 0 Å². The Morgan fingerprint density at radius 2 is 2.04 bits per heavy atom. The zero-order valence-electron chi connectivity index (χ0n) is 13.9. The SMILES string of the molecule is CC(C)(C)OC(=O)N1CC=C(n2ccc3cc(N)ccc32)CC1. The molecule has 2 aromatic rings. The first-order valence-corrected chi connectivity index (χ1v) is 7.87. The van der Waals surface area contributed by atoms with Gasteiger partial charge in [-0.15, -0.1) is 0 Å². The molecule has 0 atom stereocenters. The zero-order valence-corrected chi connectivity index (χ0v) is 13.9. The van der Waals surface area contributed by atoms with Crippen LogP contribution in [0, 0.1) is 0 Å². The van der Waals surface area contributed by atoms with Gasteiger partial charge in [-0.05, 0) is 51.1 Å². The van der Waals surface area contributed by atoms with Gasteiger partial charge >= 0.3 is 6.09 Å². The quantitative estimate of drug-likeness (QED) is 0.817. The van der Waals surface area contributed by atoms with Crippen molar-refractivity contribution in [2.24, 2.45) is 0 Å². The van der Waals surface area contributed by atoms with E-state index < -0.39 is 5.60 Å². The van der Waals surface area contributed by atoms with E-state index in [4.69, 9.17) is 10.5 Å². The number of anilines is 1. The second-order valence-electron chi connectivity index (χ2n) is 6.88. The molecule has 0 radical (unpaired) electrons. The molecule has 5 heteroatoms. The standard InChI is InChI=1S/C18H23N3O2/c1-18(2,3)23-17(22)20-9-7-15(8-10-20)21-11-6-13-12-14(19)4-5-16(13)21/h4-7,11-12H,8-10,19H2,1-3H3. The third-order valence-corrected chi connectivity index (χ3v) is 3.86. The summed E-state index contributed by atoms with van der Waals surface area (Å²) in [6, 6.07) is 7.98. The van der Waals surface area contributed by atoms with Crippen molar-refractivity contribution in [3.63, 3.8) is 0 Å². The predicted octanol–water partition coefficient (Wildman–Crippen LogP) is 3.71. The van der Waals surface area contributed by atoms with Crippen molar-refractivity contribution in [2.75, 3.05) is 18.8 Å². The molecule has 5 nitrogen and oxygen atoms in total. The molecule has 0 saturated heterocycles. The van der Waals surface area contributed by atoms with Crippen LogP contribution in [-0.2, 0) is 4.74 Å². The van der Waals surface area contributed by atoms with E-state index in [0.29, 0.717) is 13.1 Å². The van der Waals surface area contributed by atoms with Crippen LogP contribution in [0.2, 0.25) is 0 Å². The van der Waals surface area contributed by atoms with E-state index in [1.165, 1.54) is 5.70 Å². The summed E-state index contributed by atoms with van der Waals surface area (Å²) < 4.78 is 7.59. The molecule has 2 heterocycles. The lowest BCUT2D eigenvalue weighted by Gasteiger charge is -2.30. The molecule has 0 bridgehead atoms. The third-order valence-electron chi connectivity index (χ3n) is 3.86. The molecule has 1 aliphatic rings. The minimum Gasteiger partial charge on any atom is -0.444 e. The highest BCUT2D eigenvalue weighted by Crippen LogP contribution is 2.25. The summed E-state index contributed by atoms with van der Waals surface area (Å²) in [5, 5.41) is 1.13. The van der Waals surface area contributed by atoms with Gasteiger partial charge in [-0.25, -0.2) is 4.79 Å². The number of hydrogen-bond donors (Lipinski definition) is 1. The van der Waals surface area contributed by atoms with E-state index in [-0.39, 0.29) is 6.09 Å². The van der Waals surface area contributed by atoms with Crippen molar-refractivity contribution < 1.29 is 9.53 Å². The van der Waals surface area contributed by atoms with Crippen LogP contribution in [-0.4, -0.2) is 34.3 Å². The maximum absolute atomic E-state index is 12.1. The molecule has 0 fully saturated rings. The summed E-state index contributed by atoms with van der Waals surface area (Å²) in [4.78, 5) is 13.8. The molecule has 3 rings (SSSR count). The largest absolute Gasteiger partial charge is 0.444 e. The van der Waals surface area contributed by atoms with Crippen LogP contribution < -0.4 is 5.73 Å². The zero-order chi connectivity index (χ0) is 16.6. The molecule has 1 aliphatic heterocycles. The molecular weight excluding hydrogens is 290 g/mol. The van der Waals surface area contributed by atoms with Gasteiger partial charge in [0.05, 0.1) is 5.52 Å². The lowest BCUT2D eigenvalue weighted by molar-refractivity contribution is 0.0269. The number of carbonyl (C=O) groups excluding carboxylic acids is 1. The predicted molar refractivity (Wildman–Crippen MR) is 93.0 cm³/mol. The first-order chi connectivity index (χ1) is 10.8. The van der Waals surface area contributed by atoms with Gasteiger partial charge in [-0.1, -0.05) is 0 Å². The Balaban J connectivity index is 1.77. The van der Waals surface area contributed by atoms with Crippen molar-refractivity contribution in [1.29, 1.82) is 0 Å². The molecule has 1 aromatic carbocycles. The summed E-state index contributed by atoms with van der Waals surface area (Å²) >= 11 is 0. The van der Waals surface area contributed by atoms with Crippen molar-refractivity contribution in [1.82, 2.24) is 9.47 Å². The second kappa shape index (κ2) is 5.65. The normalized spacial score (nSPS) is 15.6. The molecule has 23 heavy (non-hydrogen) atoms. The number of nitrogens with zero attached hydrogens (tertiary/aromatic N) is 2. The highest BCUT2D eigenvalue weighted by Gasteiger charge is 2.24. The topological polar surface area (TPSA) is 60.5 Å². The number of benzene rings is 1. The Kier molecular flexibility index (Phi) is 3.80. The van der Waals surface area contributed by atoms with Crippen LogP contribution in [0.1, 0.15) is 27.2 Å². The van der Waals surface area contributed by atoms with Gasteiger partial charge in [0.2, 0.25) is 0 Å². The Hall–Kier alpha value is -2.43. The molecule has 0 spiro atoms. The number of nitrogens with two attached hydrogens (primary N) is 1. The third kappa shape index (κ3) is 3.33. The van der Waals surface area contributed by atoms with Gasteiger partial charge in [0, 0.05) is 42.5 Å². The second-order valence-corrected chi connectivity index (χ2v) is 6.88.